The molecule has 0 aliphatic heterocycles. The summed E-state index contributed by atoms with van der Waals surface area (Å²) >= 11 is 0. The fraction of sp³-hybridized carbons (Fsp3) is 0.692. The van der Waals surface area contributed by atoms with Crippen molar-refractivity contribution >= 4 is 0 Å². The zero-order chi connectivity index (χ0) is 19.9. The Morgan fingerprint density at radius 3 is 2.32 bits per heavy atom. The molecule has 0 unspecified atom stereocenters. The van der Waals surface area contributed by atoms with Gasteiger partial charge in [0.05, 0.1) is 0 Å². The maximum absolute atomic E-state index is 14.7. The lowest BCUT2D eigenvalue weighted by molar-refractivity contribution is 0.294. The van der Waals surface area contributed by atoms with Gasteiger partial charge in [-0.05, 0) is 86.2 Å². The van der Waals surface area contributed by atoms with E-state index < -0.39 is 11.6 Å². The minimum absolute atomic E-state index is 0.197. The Hall–Kier alpha value is -1.18. The Balaban J connectivity index is 1.49. The fourth-order valence-corrected chi connectivity index (χ4v) is 5.29. The quantitative estimate of drug-likeness (QED) is 0.412. The highest BCUT2D eigenvalue weighted by atomic mass is 19.2. The molecule has 1 aromatic carbocycles. The van der Waals surface area contributed by atoms with Crippen LogP contribution in [0.25, 0.3) is 0 Å². The summed E-state index contributed by atoms with van der Waals surface area (Å²) in [4.78, 5) is 0. The third kappa shape index (κ3) is 5.67. The molecule has 3 rings (SSSR count). The predicted octanol–water partition coefficient (Wildman–Crippen LogP) is 8.35. The van der Waals surface area contributed by atoms with Crippen molar-refractivity contribution in [1.29, 1.82) is 0 Å². The molecule has 28 heavy (non-hydrogen) atoms. The summed E-state index contributed by atoms with van der Waals surface area (Å²) < 4.78 is 29.2. The normalized spacial score (nSPS) is 28.7. The second-order valence-corrected chi connectivity index (χ2v) is 9.43. The topological polar surface area (TPSA) is 0 Å². The average Bonchev–Trinajstić information content (AvgIpc) is 2.71. The largest absolute Gasteiger partial charge is 0.203 e. The minimum Gasteiger partial charge on any atom is -0.203 e. The molecule has 2 aliphatic rings. The molecular weight excluding hydrogens is 350 g/mol. The third-order valence-electron chi connectivity index (χ3n) is 7.22. The molecule has 2 heteroatoms. The van der Waals surface area contributed by atoms with Gasteiger partial charge in [0.25, 0.3) is 0 Å². The fourth-order valence-electron chi connectivity index (χ4n) is 5.29. The van der Waals surface area contributed by atoms with E-state index in [1.54, 1.807) is 0 Å². The molecule has 0 radical (unpaired) electrons. The molecule has 0 amide bonds. The molecule has 0 heterocycles. The number of halogens is 2. The first kappa shape index (κ1) is 21.5. The molecule has 0 spiro atoms. The van der Waals surface area contributed by atoms with Crippen LogP contribution in [0.2, 0.25) is 0 Å². The lowest BCUT2D eigenvalue weighted by Gasteiger charge is -2.27. The maximum atomic E-state index is 14.7. The van der Waals surface area contributed by atoms with Crippen LogP contribution in [0, 0.1) is 29.4 Å². The van der Waals surface area contributed by atoms with Gasteiger partial charge in [-0.3, -0.25) is 0 Å². The van der Waals surface area contributed by atoms with E-state index in [2.05, 4.69) is 26.0 Å². The van der Waals surface area contributed by atoms with Crippen molar-refractivity contribution < 1.29 is 8.78 Å². The summed E-state index contributed by atoms with van der Waals surface area (Å²) in [6.07, 6.45) is 18.1. The van der Waals surface area contributed by atoms with E-state index >= 15 is 0 Å². The first-order valence-electron chi connectivity index (χ1n) is 11.7. The summed E-state index contributed by atoms with van der Waals surface area (Å²) in [5.41, 5.74) is 1.13. The van der Waals surface area contributed by atoms with Crippen molar-refractivity contribution in [3.05, 3.63) is 47.0 Å². The molecule has 0 aromatic heterocycles. The number of hydrogen-bond donors (Lipinski definition) is 0. The van der Waals surface area contributed by atoms with Gasteiger partial charge in [-0.1, -0.05) is 63.8 Å². The predicted molar refractivity (Wildman–Crippen MR) is 115 cm³/mol. The summed E-state index contributed by atoms with van der Waals surface area (Å²) in [7, 11) is 0. The molecule has 0 saturated heterocycles. The zero-order valence-corrected chi connectivity index (χ0v) is 17.9. The van der Waals surface area contributed by atoms with Crippen molar-refractivity contribution in [2.45, 2.75) is 96.8 Å². The van der Waals surface area contributed by atoms with Gasteiger partial charge in [-0.2, -0.15) is 0 Å². The molecule has 0 bridgehead atoms. The number of benzene rings is 1. The number of rotatable bonds is 7. The van der Waals surface area contributed by atoms with Gasteiger partial charge in [0, 0.05) is 0 Å². The molecule has 2 fully saturated rings. The molecule has 0 atom stereocenters. The van der Waals surface area contributed by atoms with Crippen LogP contribution in [0.15, 0.2) is 24.3 Å². The van der Waals surface area contributed by atoms with Crippen molar-refractivity contribution in [1.82, 2.24) is 0 Å². The van der Waals surface area contributed by atoms with Crippen LogP contribution < -0.4 is 0 Å². The number of hydrogen-bond acceptors (Lipinski definition) is 0. The molecule has 0 nitrogen and oxygen atoms in total. The highest BCUT2D eigenvalue weighted by Crippen LogP contribution is 2.37. The van der Waals surface area contributed by atoms with E-state index in [4.69, 9.17) is 0 Å². The van der Waals surface area contributed by atoms with E-state index in [0.717, 1.165) is 43.9 Å². The van der Waals surface area contributed by atoms with E-state index in [1.807, 2.05) is 12.1 Å². The Kier molecular flexibility index (Phi) is 8.11. The van der Waals surface area contributed by atoms with Gasteiger partial charge in [-0.15, -0.1) is 0 Å². The van der Waals surface area contributed by atoms with Crippen molar-refractivity contribution in [3.63, 3.8) is 0 Å². The van der Waals surface area contributed by atoms with Crippen LogP contribution in [-0.4, -0.2) is 0 Å². The van der Waals surface area contributed by atoms with Gasteiger partial charge in [-0.25, -0.2) is 8.78 Å². The molecule has 2 saturated carbocycles. The average molecular weight is 389 g/mol. The standard InChI is InChI=1S/C26H38F2/c1-3-6-20-11-13-21(14-12-20)7-4-5-8-23-17-18-24(26(28)25(23)27)22-15-9-19(2)10-16-22/h4,7,17-22H,3,5-6,8-16H2,1-2H3/b7-4+. The summed E-state index contributed by atoms with van der Waals surface area (Å²) in [5, 5.41) is 0. The summed E-state index contributed by atoms with van der Waals surface area (Å²) in [6.45, 7) is 4.52. The molecule has 156 valence electrons. The lowest BCUT2D eigenvalue weighted by Crippen LogP contribution is -2.13. The van der Waals surface area contributed by atoms with Gasteiger partial charge in [0.1, 0.15) is 0 Å². The first-order chi connectivity index (χ1) is 13.6. The zero-order valence-electron chi connectivity index (χ0n) is 17.9. The van der Waals surface area contributed by atoms with Crippen LogP contribution in [0.5, 0.6) is 0 Å². The third-order valence-corrected chi connectivity index (χ3v) is 7.22. The van der Waals surface area contributed by atoms with E-state index in [1.165, 1.54) is 38.5 Å². The number of aryl methyl sites for hydroxylation is 1. The van der Waals surface area contributed by atoms with Crippen LogP contribution in [0.1, 0.15) is 102 Å². The van der Waals surface area contributed by atoms with Gasteiger partial charge >= 0.3 is 0 Å². The number of allylic oxidation sites excluding steroid dienone is 2. The van der Waals surface area contributed by atoms with Gasteiger partial charge in [0.15, 0.2) is 11.6 Å². The highest BCUT2D eigenvalue weighted by Gasteiger charge is 2.24. The van der Waals surface area contributed by atoms with Crippen molar-refractivity contribution in [2.24, 2.45) is 17.8 Å². The van der Waals surface area contributed by atoms with Crippen LogP contribution in [0.3, 0.4) is 0 Å². The van der Waals surface area contributed by atoms with E-state index in [-0.39, 0.29) is 5.92 Å². The van der Waals surface area contributed by atoms with Crippen molar-refractivity contribution in [2.75, 3.05) is 0 Å². The second kappa shape index (κ2) is 10.6. The van der Waals surface area contributed by atoms with Crippen LogP contribution in [0.4, 0.5) is 8.78 Å². The molecule has 1 aromatic rings. The maximum Gasteiger partial charge on any atom is 0.162 e. The molecule has 2 aliphatic carbocycles. The van der Waals surface area contributed by atoms with E-state index in [9.17, 15) is 8.78 Å². The Morgan fingerprint density at radius 2 is 1.64 bits per heavy atom. The lowest BCUT2D eigenvalue weighted by atomic mass is 9.79. The summed E-state index contributed by atoms with van der Waals surface area (Å²) in [5.74, 6) is 1.34. The Morgan fingerprint density at radius 1 is 0.929 bits per heavy atom. The van der Waals surface area contributed by atoms with E-state index in [0.29, 0.717) is 23.5 Å². The van der Waals surface area contributed by atoms with Gasteiger partial charge in [0.2, 0.25) is 0 Å². The smallest absolute Gasteiger partial charge is 0.162 e. The summed E-state index contributed by atoms with van der Waals surface area (Å²) in [6, 6.07) is 3.68. The Bertz CT molecular complexity index is 632. The second-order valence-electron chi connectivity index (χ2n) is 9.43. The van der Waals surface area contributed by atoms with Crippen LogP contribution in [-0.2, 0) is 6.42 Å². The SMILES string of the molecule is CCCC1CCC(/C=C/CCc2ccc(C3CCC(C)CC3)c(F)c2F)CC1. The first-order valence-corrected chi connectivity index (χ1v) is 11.7. The Labute approximate surface area is 170 Å². The van der Waals surface area contributed by atoms with Crippen molar-refractivity contribution in [3.8, 4) is 0 Å². The van der Waals surface area contributed by atoms with Gasteiger partial charge < -0.3 is 0 Å². The molecule has 0 N–H and O–H groups in total. The molecular formula is C26H38F2. The highest BCUT2D eigenvalue weighted by molar-refractivity contribution is 5.29. The minimum atomic E-state index is -0.607. The monoisotopic (exact) mass is 388 g/mol. The van der Waals surface area contributed by atoms with Crippen LogP contribution >= 0.6 is 0 Å².